The van der Waals surface area contributed by atoms with Crippen LogP contribution in [0.5, 0.6) is 0 Å². The van der Waals surface area contributed by atoms with Crippen LogP contribution in [-0.4, -0.2) is 43.1 Å². The minimum absolute atomic E-state index is 0.0283. The molecule has 1 unspecified atom stereocenters. The highest BCUT2D eigenvalue weighted by molar-refractivity contribution is 5.96. The monoisotopic (exact) mass is 365 g/mol. The second-order valence-corrected chi connectivity index (χ2v) is 6.97. The number of fused-ring (bicyclic) bond motifs is 1. The largest absolute Gasteiger partial charge is 0.454 e. The van der Waals surface area contributed by atoms with Crippen LogP contribution in [0.3, 0.4) is 0 Å². The van der Waals surface area contributed by atoms with E-state index in [1.807, 2.05) is 18.2 Å². The third kappa shape index (κ3) is 3.88. The number of aryl methyl sites for hydroxylation is 1. The lowest BCUT2D eigenvalue weighted by Crippen LogP contribution is -2.40. The van der Waals surface area contributed by atoms with Crippen LogP contribution in [0, 0.1) is 0 Å². The molecule has 5 heteroatoms. The van der Waals surface area contributed by atoms with Gasteiger partial charge < -0.3 is 14.4 Å². The average molecular weight is 365 g/mol. The van der Waals surface area contributed by atoms with Crippen LogP contribution in [-0.2, 0) is 15.9 Å². The summed E-state index contributed by atoms with van der Waals surface area (Å²) in [6.07, 6.45) is 2.69. The summed E-state index contributed by atoms with van der Waals surface area (Å²) >= 11 is 0. The molecule has 27 heavy (non-hydrogen) atoms. The average Bonchev–Trinajstić information content (AvgIpc) is 2.74. The number of rotatable bonds is 3. The summed E-state index contributed by atoms with van der Waals surface area (Å²) < 4.78 is 11.0. The van der Waals surface area contributed by atoms with Gasteiger partial charge in [-0.25, -0.2) is 4.79 Å². The third-order valence-electron chi connectivity index (χ3n) is 5.23. The third-order valence-corrected chi connectivity index (χ3v) is 5.23. The number of carbonyl (C=O) groups excluding carboxylic acids is 2. The van der Waals surface area contributed by atoms with Gasteiger partial charge in [0.1, 0.15) is 6.10 Å². The van der Waals surface area contributed by atoms with Crippen molar-refractivity contribution >= 4 is 11.9 Å². The molecule has 1 fully saturated rings. The maximum Gasteiger partial charge on any atom is 0.338 e. The Morgan fingerprint density at radius 3 is 2.44 bits per heavy atom. The number of benzene rings is 2. The molecule has 2 aliphatic rings. The summed E-state index contributed by atoms with van der Waals surface area (Å²) in [5, 5.41) is 0. The first kappa shape index (κ1) is 17.7. The van der Waals surface area contributed by atoms with E-state index in [9.17, 15) is 9.59 Å². The molecule has 0 spiro atoms. The van der Waals surface area contributed by atoms with Gasteiger partial charge in [-0.2, -0.15) is 0 Å². The number of ether oxygens (including phenoxy) is 2. The molecule has 140 valence electrons. The fourth-order valence-electron chi connectivity index (χ4n) is 3.73. The van der Waals surface area contributed by atoms with Crippen LogP contribution in [0.2, 0.25) is 0 Å². The van der Waals surface area contributed by atoms with Gasteiger partial charge in [-0.1, -0.05) is 24.3 Å². The van der Waals surface area contributed by atoms with E-state index in [4.69, 9.17) is 9.47 Å². The van der Waals surface area contributed by atoms with E-state index in [1.54, 1.807) is 29.2 Å². The van der Waals surface area contributed by atoms with Crippen LogP contribution in [0.15, 0.2) is 48.5 Å². The first-order valence-electron chi connectivity index (χ1n) is 9.48. The lowest BCUT2D eigenvalue weighted by Gasteiger charge is -2.27. The van der Waals surface area contributed by atoms with Crippen molar-refractivity contribution in [3.63, 3.8) is 0 Å². The zero-order chi connectivity index (χ0) is 18.6. The lowest BCUT2D eigenvalue weighted by atomic mass is 9.89. The van der Waals surface area contributed by atoms with Crippen LogP contribution in [0.4, 0.5) is 0 Å². The standard InChI is InChI=1S/C22H23NO4/c24-21(23-12-14-26-15-13-23)17-8-10-18(11-9-17)22(25)27-20-7-3-5-16-4-1-2-6-19(16)20/h1-2,4,6,8-11,20H,3,5,7,12-15H2. The maximum absolute atomic E-state index is 12.6. The highest BCUT2D eigenvalue weighted by Crippen LogP contribution is 2.33. The molecule has 1 aliphatic heterocycles. The maximum atomic E-state index is 12.6. The highest BCUT2D eigenvalue weighted by Gasteiger charge is 2.24. The van der Waals surface area contributed by atoms with Crippen molar-refractivity contribution in [3.05, 3.63) is 70.8 Å². The molecule has 2 aromatic carbocycles. The minimum atomic E-state index is -0.345. The number of amides is 1. The Hall–Kier alpha value is -2.66. The summed E-state index contributed by atoms with van der Waals surface area (Å²) in [7, 11) is 0. The molecule has 5 nitrogen and oxygen atoms in total. The summed E-state index contributed by atoms with van der Waals surface area (Å²) in [6, 6.07) is 14.9. The predicted octanol–water partition coefficient (Wildman–Crippen LogP) is 3.39. The molecule has 0 bridgehead atoms. The molecule has 4 rings (SSSR count). The van der Waals surface area contributed by atoms with E-state index in [2.05, 4.69) is 6.07 Å². The number of nitrogens with zero attached hydrogens (tertiary/aromatic N) is 1. The van der Waals surface area contributed by atoms with Crippen molar-refractivity contribution in [2.24, 2.45) is 0 Å². The Morgan fingerprint density at radius 2 is 1.67 bits per heavy atom. The van der Waals surface area contributed by atoms with Crippen molar-refractivity contribution in [3.8, 4) is 0 Å². The van der Waals surface area contributed by atoms with E-state index >= 15 is 0 Å². The van der Waals surface area contributed by atoms with Crippen LogP contribution in [0.1, 0.15) is 50.8 Å². The zero-order valence-electron chi connectivity index (χ0n) is 15.2. The van der Waals surface area contributed by atoms with E-state index in [0.717, 1.165) is 24.8 Å². The highest BCUT2D eigenvalue weighted by atomic mass is 16.5. The van der Waals surface area contributed by atoms with E-state index in [-0.39, 0.29) is 18.0 Å². The van der Waals surface area contributed by atoms with E-state index < -0.39 is 0 Å². The molecule has 0 radical (unpaired) electrons. The van der Waals surface area contributed by atoms with Gasteiger partial charge in [0.2, 0.25) is 0 Å². The van der Waals surface area contributed by atoms with Crippen molar-refractivity contribution in [2.75, 3.05) is 26.3 Å². The molecule has 1 atom stereocenters. The number of hydrogen-bond acceptors (Lipinski definition) is 4. The van der Waals surface area contributed by atoms with Gasteiger partial charge in [0.25, 0.3) is 5.91 Å². The van der Waals surface area contributed by atoms with Gasteiger partial charge in [-0.05, 0) is 54.7 Å². The van der Waals surface area contributed by atoms with Crippen LogP contribution < -0.4 is 0 Å². The molecule has 0 saturated carbocycles. The molecule has 0 aromatic heterocycles. The summed E-state index contributed by atoms with van der Waals surface area (Å²) in [5.74, 6) is -0.374. The fraction of sp³-hybridized carbons (Fsp3) is 0.364. The second kappa shape index (κ2) is 7.92. The Kier molecular flexibility index (Phi) is 5.21. The summed E-state index contributed by atoms with van der Waals surface area (Å²) in [6.45, 7) is 2.34. The molecule has 1 aliphatic carbocycles. The smallest absolute Gasteiger partial charge is 0.338 e. The molecule has 2 aromatic rings. The number of carbonyl (C=O) groups is 2. The molecular weight excluding hydrogens is 342 g/mol. The van der Waals surface area contributed by atoms with Gasteiger partial charge in [-0.3, -0.25) is 4.79 Å². The minimum Gasteiger partial charge on any atom is -0.454 e. The van der Waals surface area contributed by atoms with Crippen LogP contribution >= 0.6 is 0 Å². The van der Waals surface area contributed by atoms with Crippen molar-refractivity contribution in [1.29, 1.82) is 0 Å². The molecule has 1 heterocycles. The fourth-order valence-corrected chi connectivity index (χ4v) is 3.73. The number of esters is 1. The predicted molar refractivity (Wildman–Crippen MR) is 101 cm³/mol. The van der Waals surface area contributed by atoms with Gasteiger partial charge in [0.05, 0.1) is 18.8 Å². The molecular formula is C22H23NO4. The number of morpholine rings is 1. The Labute approximate surface area is 158 Å². The summed E-state index contributed by atoms with van der Waals surface area (Å²) in [5.41, 5.74) is 3.41. The van der Waals surface area contributed by atoms with E-state index in [0.29, 0.717) is 37.4 Å². The molecule has 0 N–H and O–H groups in total. The Balaban J connectivity index is 1.43. The molecule has 1 saturated heterocycles. The first-order chi connectivity index (χ1) is 13.2. The zero-order valence-corrected chi connectivity index (χ0v) is 15.2. The topological polar surface area (TPSA) is 55.8 Å². The first-order valence-corrected chi connectivity index (χ1v) is 9.48. The quantitative estimate of drug-likeness (QED) is 0.783. The van der Waals surface area contributed by atoms with Gasteiger partial charge >= 0.3 is 5.97 Å². The van der Waals surface area contributed by atoms with Crippen molar-refractivity contribution in [2.45, 2.75) is 25.4 Å². The second-order valence-electron chi connectivity index (χ2n) is 6.97. The van der Waals surface area contributed by atoms with Crippen LogP contribution in [0.25, 0.3) is 0 Å². The van der Waals surface area contributed by atoms with Gasteiger partial charge in [0.15, 0.2) is 0 Å². The van der Waals surface area contributed by atoms with E-state index in [1.165, 1.54) is 5.56 Å². The van der Waals surface area contributed by atoms with Crippen molar-refractivity contribution in [1.82, 2.24) is 4.90 Å². The van der Waals surface area contributed by atoms with Gasteiger partial charge in [0, 0.05) is 18.7 Å². The molecule has 1 amide bonds. The SMILES string of the molecule is O=C(OC1CCCc2ccccc21)c1ccc(C(=O)N2CCOCC2)cc1. The normalized spacial score (nSPS) is 19.3. The van der Waals surface area contributed by atoms with Gasteiger partial charge in [-0.15, -0.1) is 0 Å². The lowest BCUT2D eigenvalue weighted by molar-refractivity contribution is 0.0255. The number of hydrogen-bond donors (Lipinski definition) is 0. The van der Waals surface area contributed by atoms with Crippen molar-refractivity contribution < 1.29 is 19.1 Å². The Bertz CT molecular complexity index is 824. The Morgan fingerprint density at radius 1 is 0.963 bits per heavy atom. The summed E-state index contributed by atoms with van der Waals surface area (Å²) in [4.78, 5) is 26.8.